The molecule has 0 N–H and O–H groups in total. The molecule has 108 valence electrons. The summed E-state index contributed by atoms with van der Waals surface area (Å²) in [6, 6.07) is 6.42. The van der Waals surface area contributed by atoms with Crippen molar-refractivity contribution in [3.8, 4) is 6.07 Å². The summed E-state index contributed by atoms with van der Waals surface area (Å²) in [5, 5.41) is 9.04. The van der Waals surface area contributed by atoms with E-state index in [0.29, 0.717) is 10.8 Å². The van der Waals surface area contributed by atoms with E-state index in [0.717, 1.165) is 25.7 Å². The second-order valence-corrected chi connectivity index (χ2v) is 7.31. The van der Waals surface area contributed by atoms with Crippen molar-refractivity contribution in [3.63, 3.8) is 0 Å². The van der Waals surface area contributed by atoms with E-state index in [4.69, 9.17) is 11.6 Å². The summed E-state index contributed by atoms with van der Waals surface area (Å²) in [6.07, 6.45) is 3.64. The smallest absolute Gasteiger partial charge is 0.141 e. The molecule has 0 radical (unpaired) electrons. The van der Waals surface area contributed by atoms with Gasteiger partial charge in [0, 0.05) is 4.90 Å². The van der Waals surface area contributed by atoms with Crippen LogP contribution in [0.5, 0.6) is 0 Å². The molecule has 0 bridgehead atoms. The van der Waals surface area contributed by atoms with Gasteiger partial charge in [-0.3, -0.25) is 4.21 Å². The monoisotopic (exact) mass is 313 g/mol. The number of hydrogen-bond donors (Lipinski definition) is 0. The maximum Gasteiger partial charge on any atom is 0.141 e. The van der Waals surface area contributed by atoms with Crippen LogP contribution in [-0.4, -0.2) is 9.46 Å². The molecule has 4 unspecified atom stereocenters. The van der Waals surface area contributed by atoms with Gasteiger partial charge in [0.25, 0.3) is 0 Å². The second kappa shape index (κ2) is 6.69. The SMILES string of the molecule is CCC1CCC(C#N)C(S(=O)c2ccc(F)c(Cl)c2)C1. The van der Waals surface area contributed by atoms with E-state index in [-0.39, 0.29) is 16.2 Å². The number of nitriles is 1. The molecule has 1 aromatic rings. The average Bonchev–Trinajstić information content (AvgIpc) is 2.48. The Bertz CT molecular complexity index is 557. The van der Waals surface area contributed by atoms with Crippen LogP contribution in [-0.2, 0) is 10.8 Å². The van der Waals surface area contributed by atoms with Gasteiger partial charge < -0.3 is 0 Å². The lowest BCUT2D eigenvalue weighted by atomic mass is 9.81. The molecule has 1 aliphatic rings. The standard InChI is InChI=1S/C15H17ClFNOS/c1-2-10-3-4-11(9-18)15(7-10)20(19)12-5-6-14(17)13(16)8-12/h5-6,8,10-11,15H,2-4,7H2,1H3. The molecule has 0 aliphatic heterocycles. The zero-order chi connectivity index (χ0) is 14.7. The first kappa shape index (κ1) is 15.5. The topological polar surface area (TPSA) is 40.9 Å². The Labute approximate surface area is 126 Å². The van der Waals surface area contributed by atoms with E-state index in [9.17, 15) is 13.9 Å². The predicted octanol–water partition coefficient (Wildman–Crippen LogP) is 4.31. The summed E-state index contributed by atoms with van der Waals surface area (Å²) >= 11 is 5.75. The maximum absolute atomic E-state index is 13.2. The molecule has 1 saturated carbocycles. The molecular weight excluding hydrogens is 297 g/mol. The normalized spacial score (nSPS) is 27.8. The maximum atomic E-state index is 13.2. The van der Waals surface area contributed by atoms with E-state index in [1.54, 1.807) is 0 Å². The second-order valence-electron chi connectivity index (χ2n) is 5.23. The fourth-order valence-corrected chi connectivity index (χ4v) is 4.72. The molecule has 5 heteroatoms. The number of rotatable bonds is 3. The Hall–Kier alpha value is -0.920. The van der Waals surface area contributed by atoms with Gasteiger partial charge in [0.05, 0.1) is 33.1 Å². The molecule has 2 rings (SSSR count). The zero-order valence-corrected chi connectivity index (χ0v) is 12.9. The Morgan fingerprint density at radius 1 is 1.50 bits per heavy atom. The minimum absolute atomic E-state index is 0.0211. The fraction of sp³-hybridized carbons (Fsp3) is 0.533. The van der Waals surface area contributed by atoms with Crippen LogP contribution in [0.25, 0.3) is 0 Å². The van der Waals surface area contributed by atoms with Gasteiger partial charge in [-0.15, -0.1) is 0 Å². The van der Waals surface area contributed by atoms with Gasteiger partial charge in [-0.25, -0.2) is 4.39 Å². The molecule has 1 aliphatic carbocycles. The van der Waals surface area contributed by atoms with Crippen LogP contribution < -0.4 is 0 Å². The molecule has 0 spiro atoms. The van der Waals surface area contributed by atoms with Crippen molar-refractivity contribution in [2.24, 2.45) is 11.8 Å². The van der Waals surface area contributed by atoms with Crippen molar-refractivity contribution < 1.29 is 8.60 Å². The van der Waals surface area contributed by atoms with E-state index >= 15 is 0 Å². The third kappa shape index (κ3) is 3.21. The molecular formula is C15H17ClFNOS. The first-order valence-corrected chi connectivity index (χ1v) is 8.41. The molecule has 1 aromatic carbocycles. The molecule has 0 saturated heterocycles. The van der Waals surface area contributed by atoms with E-state index in [1.165, 1.54) is 18.2 Å². The van der Waals surface area contributed by atoms with Gasteiger partial charge in [-0.05, 0) is 43.4 Å². The van der Waals surface area contributed by atoms with Gasteiger partial charge in [0.15, 0.2) is 0 Å². The largest absolute Gasteiger partial charge is 0.254 e. The van der Waals surface area contributed by atoms with Gasteiger partial charge in [-0.1, -0.05) is 24.9 Å². The highest BCUT2D eigenvalue weighted by Crippen LogP contribution is 2.36. The first-order valence-electron chi connectivity index (χ1n) is 6.82. The summed E-state index contributed by atoms with van der Waals surface area (Å²) in [5.41, 5.74) is 0. The molecule has 4 atom stereocenters. The lowest BCUT2D eigenvalue weighted by molar-refractivity contribution is 0.313. The highest BCUT2D eigenvalue weighted by molar-refractivity contribution is 7.85. The molecule has 1 fully saturated rings. The highest BCUT2D eigenvalue weighted by atomic mass is 35.5. The van der Waals surface area contributed by atoms with Crippen molar-refractivity contribution in [3.05, 3.63) is 29.0 Å². The summed E-state index contributed by atoms with van der Waals surface area (Å²) < 4.78 is 25.9. The summed E-state index contributed by atoms with van der Waals surface area (Å²) in [4.78, 5) is 0.512. The van der Waals surface area contributed by atoms with Gasteiger partial charge in [0.1, 0.15) is 5.82 Å². The van der Waals surface area contributed by atoms with Crippen LogP contribution in [0.15, 0.2) is 23.1 Å². The Kier molecular flexibility index (Phi) is 5.17. The number of benzene rings is 1. The molecule has 20 heavy (non-hydrogen) atoms. The lowest BCUT2D eigenvalue weighted by Crippen LogP contribution is -2.32. The molecule has 0 amide bonds. The van der Waals surface area contributed by atoms with Crippen LogP contribution in [0.4, 0.5) is 4.39 Å². The predicted molar refractivity (Wildman–Crippen MR) is 78.3 cm³/mol. The van der Waals surface area contributed by atoms with E-state index < -0.39 is 16.6 Å². The lowest BCUT2D eigenvalue weighted by Gasteiger charge is -2.31. The highest BCUT2D eigenvalue weighted by Gasteiger charge is 2.34. The van der Waals surface area contributed by atoms with Crippen LogP contribution >= 0.6 is 11.6 Å². The third-order valence-electron chi connectivity index (χ3n) is 4.04. The van der Waals surface area contributed by atoms with Crippen molar-refractivity contribution in [1.82, 2.24) is 0 Å². The summed E-state index contributed by atoms with van der Waals surface area (Å²) in [7, 11) is -1.31. The molecule has 0 heterocycles. The average molecular weight is 314 g/mol. The molecule has 0 aromatic heterocycles. The summed E-state index contributed by atoms with van der Waals surface area (Å²) in [5.74, 6) is -0.189. The fourth-order valence-electron chi connectivity index (χ4n) is 2.74. The van der Waals surface area contributed by atoms with Crippen molar-refractivity contribution in [2.75, 3.05) is 0 Å². The van der Waals surface area contributed by atoms with Crippen LogP contribution in [0, 0.1) is 29.0 Å². The van der Waals surface area contributed by atoms with Crippen molar-refractivity contribution in [2.45, 2.75) is 42.8 Å². The van der Waals surface area contributed by atoms with Crippen LogP contribution in [0.2, 0.25) is 5.02 Å². The van der Waals surface area contributed by atoms with E-state index in [1.807, 2.05) is 0 Å². The Morgan fingerprint density at radius 3 is 2.85 bits per heavy atom. The Balaban J connectivity index is 2.24. The van der Waals surface area contributed by atoms with Crippen LogP contribution in [0.1, 0.15) is 32.6 Å². The minimum Gasteiger partial charge on any atom is -0.254 e. The zero-order valence-electron chi connectivity index (χ0n) is 11.3. The quantitative estimate of drug-likeness (QED) is 0.834. The van der Waals surface area contributed by atoms with Gasteiger partial charge >= 0.3 is 0 Å². The van der Waals surface area contributed by atoms with Gasteiger partial charge in [0.2, 0.25) is 0 Å². The Morgan fingerprint density at radius 2 is 2.25 bits per heavy atom. The van der Waals surface area contributed by atoms with E-state index in [2.05, 4.69) is 13.0 Å². The summed E-state index contributed by atoms with van der Waals surface area (Å²) in [6.45, 7) is 2.12. The number of halogens is 2. The number of hydrogen-bond acceptors (Lipinski definition) is 2. The third-order valence-corrected chi connectivity index (χ3v) is 6.12. The van der Waals surface area contributed by atoms with Crippen molar-refractivity contribution in [1.29, 1.82) is 5.26 Å². The first-order chi connectivity index (χ1) is 9.56. The van der Waals surface area contributed by atoms with Crippen molar-refractivity contribution >= 4 is 22.4 Å². The molecule has 2 nitrogen and oxygen atoms in total. The number of nitrogens with zero attached hydrogens (tertiary/aromatic N) is 1. The van der Waals surface area contributed by atoms with Crippen LogP contribution in [0.3, 0.4) is 0 Å². The minimum atomic E-state index is -1.31. The van der Waals surface area contributed by atoms with Gasteiger partial charge in [-0.2, -0.15) is 5.26 Å².